The number of hydrogen-bond donors (Lipinski definition) is 1. The number of likely N-dealkylation sites (tertiary alicyclic amines) is 1. The fourth-order valence-electron chi connectivity index (χ4n) is 2.22. The van der Waals surface area contributed by atoms with Crippen LogP contribution >= 0.6 is 0 Å². The van der Waals surface area contributed by atoms with Gasteiger partial charge in [-0.2, -0.15) is 0 Å². The minimum atomic E-state index is -1.02. The summed E-state index contributed by atoms with van der Waals surface area (Å²) in [5.74, 6) is -0.221. The van der Waals surface area contributed by atoms with Crippen LogP contribution in [-0.4, -0.2) is 51.9 Å². The lowest BCUT2D eigenvalue weighted by atomic mass is 9.85. The number of nitro groups is 1. The van der Waals surface area contributed by atoms with Crippen LogP contribution < -0.4 is 0 Å². The number of aliphatic hydroxyl groups is 1. The molecule has 0 bridgehead atoms. The van der Waals surface area contributed by atoms with Crippen LogP contribution in [0.25, 0.3) is 0 Å². The van der Waals surface area contributed by atoms with E-state index in [1.54, 1.807) is 27.7 Å². The average Bonchev–Trinajstić information content (AvgIpc) is 2.08. The quantitative estimate of drug-likeness (QED) is 0.615. The molecule has 1 fully saturated rings. The van der Waals surface area contributed by atoms with Crippen molar-refractivity contribution in [2.75, 3.05) is 19.6 Å². The number of amides is 1. The van der Waals surface area contributed by atoms with Gasteiger partial charge < -0.3 is 14.7 Å². The van der Waals surface area contributed by atoms with E-state index in [0.717, 1.165) is 0 Å². The fourth-order valence-corrected chi connectivity index (χ4v) is 2.22. The van der Waals surface area contributed by atoms with Gasteiger partial charge in [-0.15, -0.1) is 0 Å². The van der Waals surface area contributed by atoms with Crippen LogP contribution in [0.5, 0.6) is 0 Å². The Hall–Kier alpha value is -1.37. The first-order valence-electron chi connectivity index (χ1n) is 6.33. The van der Waals surface area contributed by atoms with Gasteiger partial charge >= 0.3 is 6.09 Å². The molecule has 1 rings (SSSR count). The first-order valence-corrected chi connectivity index (χ1v) is 6.33. The summed E-state index contributed by atoms with van der Waals surface area (Å²) in [6.45, 7) is 7.21. The number of hydrogen-bond acceptors (Lipinski definition) is 5. The molecule has 110 valence electrons. The van der Waals surface area contributed by atoms with Gasteiger partial charge in [-0.1, -0.05) is 6.92 Å². The van der Waals surface area contributed by atoms with Crippen molar-refractivity contribution in [2.45, 2.75) is 45.3 Å². The Morgan fingerprint density at radius 1 is 1.53 bits per heavy atom. The second-order valence-electron chi connectivity index (χ2n) is 6.39. The maximum atomic E-state index is 11.7. The number of carbonyl (C=O) groups is 1. The predicted octanol–water partition coefficient (Wildman–Crippen LogP) is 1.27. The summed E-state index contributed by atoms with van der Waals surface area (Å²) < 4.78 is 5.17. The smallest absolute Gasteiger partial charge is 0.410 e. The Bertz CT molecular complexity index is 358. The lowest BCUT2D eigenvalue weighted by Crippen LogP contribution is -2.64. The molecule has 1 heterocycles. The highest BCUT2D eigenvalue weighted by Gasteiger charge is 2.46. The van der Waals surface area contributed by atoms with Gasteiger partial charge in [0.25, 0.3) is 0 Å². The highest BCUT2D eigenvalue weighted by Crippen LogP contribution is 2.29. The van der Waals surface area contributed by atoms with Crippen LogP contribution in [0.4, 0.5) is 4.79 Å². The number of carbonyl (C=O) groups excluding carboxylic acids is 1. The number of rotatable bonds is 4. The second-order valence-corrected chi connectivity index (χ2v) is 6.39. The van der Waals surface area contributed by atoms with Crippen LogP contribution in [0, 0.1) is 16.0 Å². The fraction of sp³-hybridized carbons (Fsp3) is 0.917. The molecule has 7 heteroatoms. The van der Waals surface area contributed by atoms with Crippen molar-refractivity contribution in [1.29, 1.82) is 0 Å². The molecule has 0 spiro atoms. The van der Waals surface area contributed by atoms with E-state index < -0.39 is 22.2 Å². The zero-order valence-electron chi connectivity index (χ0n) is 11.9. The van der Waals surface area contributed by atoms with Crippen molar-refractivity contribution >= 4 is 6.09 Å². The molecule has 1 aliphatic rings. The van der Waals surface area contributed by atoms with Crippen molar-refractivity contribution in [3.8, 4) is 0 Å². The standard InChI is InChI=1S/C12H22N2O5/c1-9(6-14(17)18)5-12(16)7-13(8-12)10(15)19-11(2,3)4/h9,16H,5-8H2,1-4H3. The van der Waals surface area contributed by atoms with E-state index in [1.807, 2.05) is 0 Å². The van der Waals surface area contributed by atoms with E-state index in [2.05, 4.69) is 0 Å². The zero-order chi connectivity index (χ0) is 14.8. The Balaban J connectivity index is 2.39. The van der Waals surface area contributed by atoms with Crippen molar-refractivity contribution in [2.24, 2.45) is 5.92 Å². The van der Waals surface area contributed by atoms with E-state index in [4.69, 9.17) is 4.74 Å². The molecule has 1 amide bonds. The van der Waals surface area contributed by atoms with Crippen LogP contribution in [-0.2, 0) is 4.74 Å². The Morgan fingerprint density at radius 3 is 2.47 bits per heavy atom. The molecule has 0 aromatic carbocycles. The number of ether oxygens (including phenoxy) is 1. The Kier molecular flexibility index (Phi) is 4.39. The summed E-state index contributed by atoms with van der Waals surface area (Å²) >= 11 is 0. The van der Waals surface area contributed by atoms with Crippen molar-refractivity contribution in [3.05, 3.63) is 10.1 Å². The zero-order valence-corrected chi connectivity index (χ0v) is 11.9. The summed E-state index contributed by atoms with van der Waals surface area (Å²) in [5.41, 5.74) is -1.59. The first-order chi connectivity index (χ1) is 8.51. The molecule has 0 aliphatic carbocycles. The minimum absolute atomic E-state index is 0.171. The molecular formula is C12H22N2O5. The third kappa shape index (κ3) is 5.02. The van der Waals surface area contributed by atoms with Crippen LogP contribution in [0.1, 0.15) is 34.1 Å². The van der Waals surface area contributed by atoms with Gasteiger partial charge in [-0.05, 0) is 27.2 Å². The van der Waals surface area contributed by atoms with E-state index in [9.17, 15) is 20.0 Å². The summed E-state index contributed by atoms with van der Waals surface area (Å²) in [7, 11) is 0. The van der Waals surface area contributed by atoms with Crippen molar-refractivity contribution in [3.63, 3.8) is 0 Å². The maximum absolute atomic E-state index is 11.7. The molecule has 1 unspecified atom stereocenters. The third-order valence-electron chi connectivity index (χ3n) is 2.81. The molecule has 0 saturated carbocycles. The summed E-state index contributed by atoms with van der Waals surface area (Å²) in [5, 5.41) is 20.5. The van der Waals surface area contributed by atoms with Gasteiger partial charge in [0.1, 0.15) is 11.2 Å². The van der Waals surface area contributed by atoms with Crippen molar-refractivity contribution in [1.82, 2.24) is 4.90 Å². The SMILES string of the molecule is CC(C[N+](=O)[O-])CC1(O)CN(C(=O)OC(C)(C)C)C1. The molecular weight excluding hydrogens is 252 g/mol. The highest BCUT2D eigenvalue weighted by molar-refractivity contribution is 5.69. The molecule has 0 radical (unpaired) electrons. The Morgan fingerprint density at radius 2 is 2.05 bits per heavy atom. The minimum Gasteiger partial charge on any atom is -0.444 e. The monoisotopic (exact) mass is 274 g/mol. The molecule has 7 nitrogen and oxygen atoms in total. The predicted molar refractivity (Wildman–Crippen MR) is 68.4 cm³/mol. The maximum Gasteiger partial charge on any atom is 0.410 e. The summed E-state index contributed by atoms with van der Waals surface area (Å²) in [6, 6.07) is 0. The van der Waals surface area contributed by atoms with Crippen LogP contribution in [0.2, 0.25) is 0 Å². The van der Waals surface area contributed by atoms with E-state index in [-0.39, 0.29) is 25.6 Å². The summed E-state index contributed by atoms with van der Waals surface area (Å²) in [4.78, 5) is 23.1. The van der Waals surface area contributed by atoms with Gasteiger partial charge in [0, 0.05) is 10.8 Å². The molecule has 1 atom stereocenters. The average molecular weight is 274 g/mol. The van der Waals surface area contributed by atoms with E-state index in [1.165, 1.54) is 4.90 Å². The largest absolute Gasteiger partial charge is 0.444 e. The number of β-amino-alcohol motifs (C(OH)–C–C–N with tert-alkyl or cyclic N) is 1. The van der Waals surface area contributed by atoms with Crippen LogP contribution in [0.3, 0.4) is 0 Å². The van der Waals surface area contributed by atoms with Gasteiger partial charge in [-0.25, -0.2) is 4.79 Å². The highest BCUT2D eigenvalue weighted by atomic mass is 16.6. The molecule has 1 saturated heterocycles. The molecule has 19 heavy (non-hydrogen) atoms. The molecule has 0 aromatic rings. The third-order valence-corrected chi connectivity index (χ3v) is 2.81. The lowest BCUT2D eigenvalue weighted by molar-refractivity contribution is -0.488. The summed E-state index contributed by atoms with van der Waals surface area (Å²) in [6.07, 6.45) is -0.146. The van der Waals surface area contributed by atoms with Gasteiger partial charge in [0.05, 0.1) is 13.1 Å². The Labute approximate surface area is 112 Å². The van der Waals surface area contributed by atoms with Crippen LogP contribution in [0.15, 0.2) is 0 Å². The first kappa shape index (κ1) is 15.7. The van der Waals surface area contributed by atoms with E-state index >= 15 is 0 Å². The normalized spacial score (nSPS) is 19.5. The van der Waals surface area contributed by atoms with Crippen molar-refractivity contribution < 1.29 is 19.6 Å². The molecule has 0 aromatic heterocycles. The molecule has 1 N–H and O–H groups in total. The van der Waals surface area contributed by atoms with E-state index in [0.29, 0.717) is 6.42 Å². The topological polar surface area (TPSA) is 92.9 Å². The lowest BCUT2D eigenvalue weighted by Gasteiger charge is -2.47. The number of nitrogens with zero attached hydrogens (tertiary/aromatic N) is 2. The van der Waals surface area contributed by atoms with Gasteiger partial charge in [0.15, 0.2) is 0 Å². The van der Waals surface area contributed by atoms with Gasteiger partial charge in [0.2, 0.25) is 6.54 Å². The molecule has 1 aliphatic heterocycles. The van der Waals surface area contributed by atoms with Gasteiger partial charge in [-0.3, -0.25) is 10.1 Å². The second kappa shape index (κ2) is 5.32.